The van der Waals surface area contributed by atoms with Crippen LogP contribution in [0.4, 0.5) is 8.78 Å². The Labute approximate surface area is 131 Å². The van der Waals surface area contributed by atoms with E-state index in [4.69, 9.17) is 0 Å². The smallest absolute Gasteiger partial charge is 0.260 e. The summed E-state index contributed by atoms with van der Waals surface area (Å²) in [5, 5.41) is 4.17. The summed E-state index contributed by atoms with van der Waals surface area (Å²) in [6, 6.07) is 3.70. The van der Waals surface area contributed by atoms with E-state index in [0.717, 1.165) is 37.8 Å². The predicted molar refractivity (Wildman–Crippen MR) is 77.6 cm³/mol. The minimum Gasteiger partial charge on any atom is -0.332 e. The first-order valence-corrected chi connectivity index (χ1v) is 7.76. The number of hydrogen-bond donors (Lipinski definition) is 0. The van der Waals surface area contributed by atoms with Crippen molar-refractivity contribution in [3.8, 4) is 0 Å². The molecule has 0 aliphatic carbocycles. The highest BCUT2D eigenvalue weighted by Gasteiger charge is 2.45. The van der Waals surface area contributed by atoms with Gasteiger partial charge in [0.1, 0.15) is 29.9 Å². The number of nitrogens with zero attached hydrogens (tertiary/aromatic N) is 4. The van der Waals surface area contributed by atoms with Crippen molar-refractivity contribution in [2.75, 3.05) is 0 Å². The van der Waals surface area contributed by atoms with E-state index in [1.807, 2.05) is 4.68 Å². The lowest BCUT2D eigenvalue weighted by Crippen LogP contribution is -2.47. The maximum Gasteiger partial charge on any atom is 0.260 e. The quantitative estimate of drug-likeness (QED) is 0.855. The summed E-state index contributed by atoms with van der Waals surface area (Å²) in [6.07, 6.45) is 6.37. The standard InChI is InChI=1S/C16H16F2N4O/c17-13-2-1-3-14(18)15(13)16(23)22-10-4-5-11(22)7-12(6-10)21-9-19-8-20-21/h1-3,8-12H,4-7H2. The maximum absolute atomic E-state index is 13.9. The lowest BCUT2D eigenvalue weighted by molar-refractivity contribution is 0.0514. The Morgan fingerprint density at radius 2 is 1.74 bits per heavy atom. The molecular weight excluding hydrogens is 302 g/mol. The molecule has 1 amide bonds. The van der Waals surface area contributed by atoms with Gasteiger partial charge in [-0.2, -0.15) is 5.10 Å². The number of piperidine rings is 1. The lowest BCUT2D eigenvalue weighted by Gasteiger charge is -2.39. The molecule has 2 aliphatic rings. The summed E-state index contributed by atoms with van der Waals surface area (Å²) < 4.78 is 29.7. The number of benzene rings is 1. The average Bonchev–Trinajstić information content (AvgIpc) is 3.14. The molecular formula is C16H16F2N4O. The van der Waals surface area contributed by atoms with Crippen LogP contribution in [0.1, 0.15) is 42.1 Å². The minimum absolute atomic E-state index is 0.00513. The van der Waals surface area contributed by atoms with Crippen LogP contribution in [0.15, 0.2) is 30.9 Å². The number of rotatable bonds is 2. The Bertz CT molecular complexity index is 699. The number of halogens is 2. The van der Waals surface area contributed by atoms with Gasteiger partial charge in [-0.3, -0.25) is 4.79 Å². The van der Waals surface area contributed by atoms with Crippen LogP contribution in [0.5, 0.6) is 0 Å². The van der Waals surface area contributed by atoms with Gasteiger partial charge in [0.2, 0.25) is 0 Å². The first-order chi connectivity index (χ1) is 11.1. The molecule has 0 spiro atoms. The third-order valence-electron chi connectivity index (χ3n) is 4.93. The number of amides is 1. The van der Waals surface area contributed by atoms with E-state index in [1.54, 1.807) is 11.2 Å². The Morgan fingerprint density at radius 1 is 1.09 bits per heavy atom. The van der Waals surface area contributed by atoms with Crippen LogP contribution in [0.2, 0.25) is 0 Å². The van der Waals surface area contributed by atoms with Crippen molar-refractivity contribution in [2.45, 2.75) is 43.8 Å². The van der Waals surface area contributed by atoms with Crippen molar-refractivity contribution < 1.29 is 13.6 Å². The van der Waals surface area contributed by atoms with Crippen molar-refractivity contribution >= 4 is 5.91 Å². The van der Waals surface area contributed by atoms with Gasteiger partial charge in [0.25, 0.3) is 5.91 Å². The van der Waals surface area contributed by atoms with Crippen LogP contribution in [0.25, 0.3) is 0 Å². The second-order valence-corrected chi connectivity index (χ2v) is 6.19. The number of carbonyl (C=O) groups excluding carboxylic acids is 1. The average molecular weight is 318 g/mol. The van der Waals surface area contributed by atoms with Gasteiger partial charge >= 0.3 is 0 Å². The monoisotopic (exact) mass is 318 g/mol. The van der Waals surface area contributed by atoms with Crippen LogP contribution in [0, 0.1) is 11.6 Å². The lowest BCUT2D eigenvalue weighted by atomic mass is 9.96. The number of carbonyl (C=O) groups is 1. The third kappa shape index (κ3) is 2.31. The molecule has 5 nitrogen and oxygen atoms in total. The fourth-order valence-corrected chi connectivity index (χ4v) is 3.93. The minimum atomic E-state index is -0.798. The zero-order valence-corrected chi connectivity index (χ0v) is 12.4. The summed E-state index contributed by atoms with van der Waals surface area (Å²) >= 11 is 0. The maximum atomic E-state index is 13.9. The fraction of sp³-hybridized carbons (Fsp3) is 0.438. The van der Waals surface area contributed by atoms with Gasteiger partial charge in [0, 0.05) is 12.1 Å². The van der Waals surface area contributed by atoms with Crippen LogP contribution < -0.4 is 0 Å². The molecule has 2 bridgehead atoms. The first kappa shape index (κ1) is 14.3. The molecule has 0 radical (unpaired) electrons. The zero-order valence-electron chi connectivity index (χ0n) is 12.4. The highest BCUT2D eigenvalue weighted by atomic mass is 19.1. The summed E-state index contributed by atoms with van der Waals surface area (Å²) in [5.41, 5.74) is -0.441. The second-order valence-electron chi connectivity index (χ2n) is 6.19. The van der Waals surface area contributed by atoms with Crippen molar-refractivity contribution in [2.24, 2.45) is 0 Å². The molecule has 1 aromatic carbocycles. The van der Waals surface area contributed by atoms with Crippen LogP contribution >= 0.6 is 0 Å². The van der Waals surface area contributed by atoms with Gasteiger partial charge in [-0.15, -0.1) is 0 Å². The normalized spacial score (nSPS) is 26.5. The summed E-state index contributed by atoms with van der Waals surface area (Å²) in [5.74, 6) is -2.13. The van der Waals surface area contributed by atoms with Crippen molar-refractivity contribution in [3.63, 3.8) is 0 Å². The van der Waals surface area contributed by atoms with Gasteiger partial charge in [0.15, 0.2) is 0 Å². The topological polar surface area (TPSA) is 51.0 Å². The SMILES string of the molecule is O=C(c1c(F)cccc1F)N1C2CCC1CC(n1cncn1)C2. The third-order valence-corrected chi connectivity index (χ3v) is 4.93. The van der Waals surface area contributed by atoms with E-state index >= 15 is 0 Å². The molecule has 2 aliphatic heterocycles. The van der Waals surface area contributed by atoms with E-state index in [9.17, 15) is 13.6 Å². The van der Waals surface area contributed by atoms with E-state index < -0.39 is 23.1 Å². The van der Waals surface area contributed by atoms with Gasteiger partial charge in [-0.25, -0.2) is 18.4 Å². The van der Waals surface area contributed by atoms with Gasteiger partial charge < -0.3 is 4.90 Å². The van der Waals surface area contributed by atoms with Crippen LogP contribution in [-0.4, -0.2) is 37.7 Å². The first-order valence-electron chi connectivity index (χ1n) is 7.76. The Morgan fingerprint density at radius 3 is 2.30 bits per heavy atom. The predicted octanol–water partition coefficient (Wildman–Crippen LogP) is 2.56. The molecule has 2 unspecified atom stereocenters. The molecule has 23 heavy (non-hydrogen) atoms. The molecule has 2 saturated heterocycles. The molecule has 2 fully saturated rings. The summed E-state index contributed by atoms with van der Waals surface area (Å²) in [6.45, 7) is 0. The number of fused-ring (bicyclic) bond motifs is 2. The number of hydrogen-bond acceptors (Lipinski definition) is 3. The molecule has 7 heteroatoms. The molecule has 2 aromatic rings. The Balaban J connectivity index is 1.61. The van der Waals surface area contributed by atoms with Gasteiger partial charge in [0.05, 0.1) is 6.04 Å². The second kappa shape index (κ2) is 5.40. The molecule has 2 atom stereocenters. The molecule has 1 aromatic heterocycles. The van der Waals surface area contributed by atoms with Gasteiger partial charge in [-0.1, -0.05) is 6.07 Å². The van der Waals surface area contributed by atoms with Crippen molar-refractivity contribution in [1.82, 2.24) is 19.7 Å². The van der Waals surface area contributed by atoms with Gasteiger partial charge in [-0.05, 0) is 37.8 Å². The zero-order chi connectivity index (χ0) is 16.0. The number of aromatic nitrogens is 3. The Hall–Kier alpha value is -2.31. The van der Waals surface area contributed by atoms with E-state index in [-0.39, 0.29) is 18.1 Å². The molecule has 0 saturated carbocycles. The van der Waals surface area contributed by atoms with Crippen LogP contribution in [0.3, 0.4) is 0 Å². The largest absolute Gasteiger partial charge is 0.332 e. The molecule has 3 heterocycles. The molecule has 120 valence electrons. The molecule has 0 N–H and O–H groups in total. The summed E-state index contributed by atoms with van der Waals surface area (Å²) in [7, 11) is 0. The summed E-state index contributed by atoms with van der Waals surface area (Å²) in [4.78, 5) is 18.3. The van der Waals surface area contributed by atoms with Crippen molar-refractivity contribution in [3.05, 3.63) is 48.1 Å². The highest BCUT2D eigenvalue weighted by molar-refractivity contribution is 5.95. The fourth-order valence-electron chi connectivity index (χ4n) is 3.93. The molecule has 4 rings (SSSR count). The highest BCUT2D eigenvalue weighted by Crippen LogP contribution is 2.41. The van der Waals surface area contributed by atoms with E-state index in [2.05, 4.69) is 10.1 Å². The van der Waals surface area contributed by atoms with Crippen molar-refractivity contribution in [1.29, 1.82) is 0 Å². The van der Waals surface area contributed by atoms with E-state index in [0.29, 0.717) is 0 Å². The van der Waals surface area contributed by atoms with E-state index in [1.165, 1.54) is 12.4 Å². The Kier molecular flexibility index (Phi) is 3.36. The van der Waals surface area contributed by atoms with Crippen LogP contribution in [-0.2, 0) is 0 Å².